The third-order valence-electron chi connectivity index (χ3n) is 4.59. The van der Waals surface area contributed by atoms with E-state index in [1.807, 2.05) is 17.8 Å². The van der Waals surface area contributed by atoms with E-state index in [2.05, 4.69) is 28.0 Å². The van der Waals surface area contributed by atoms with Gasteiger partial charge in [0.05, 0.1) is 22.0 Å². The maximum absolute atomic E-state index is 12.5. The Bertz CT molecular complexity index is 655. The van der Waals surface area contributed by atoms with Crippen LogP contribution in [0.1, 0.15) is 17.8 Å². The Morgan fingerprint density at radius 1 is 1.22 bits per heavy atom. The van der Waals surface area contributed by atoms with Gasteiger partial charge in [-0.2, -0.15) is 0 Å². The molecule has 0 unspecified atom stereocenters. The minimum atomic E-state index is 0.228. The molecule has 4 rings (SSSR count). The van der Waals surface area contributed by atoms with Crippen LogP contribution in [0.2, 0.25) is 0 Å². The lowest BCUT2D eigenvalue weighted by molar-refractivity contribution is -0.132. The SMILES string of the molecule is O=C([C@H]1CCCS1)N1CCN(Cc2nc3ccccc3s2)CC1. The van der Waals surface area contributed by atoms with E-state index < -0.39 is 0 Å². The number of hydrogen-bond acceptors (Lipinski definition) is 5. The van der Waals surface area contributed by atoms with Gasteiger partial charge in [0.1, 0.15) is 5.01 Å². The number of carbonyl (C=O) groups excluding carboxylic acids is 1. The summed E-state index contributed by atoms with van der Waals surface area (Å²) in [5.74, 6) is 1.51. The third-order valence-corrected chi connectivity index (χ3v) is 6.97. The highest BCUT2D eigenvalue weighted by molar-refractivity contribution is 8.00. The summed E-state index contributed by atoms with van der Waals surface area (Å²) in [5, 5.41) is 1.41. The first-order valence-electron chi connectivity index (χ1n) is 8.27. The number of amides is 1. The summed E-state index contributed by atoms with van der Waals surface area (Å²) < 4.78 is 1.26. The lowest BCUT2D eigenvalue weighted by Crippen LogP contribution is -2.50. The summed E-state index contributed by atoms with van der Waals surface area (Å²) >= 11 is 3.62. The molecule has 2 aliphatic rings. The highest BCUT2D eigenvalue weighted by atomic mass is 32.2. The number of hydrogen-bond donors (Lipinski definition) is 0. The second kappa shape index (κ2) is 6.79. The van der Waals surface area contributed by atoms with Gasteiger partial charge in [-0.3, -0.25) is 9.69 Å². The summed E-state index contributed by atoms with van der Waals surface area (Å²) in [4.78, 5) is 21.7. The topological polar surface area (TPSA) is 36.4 Å². The molecule has 23 heavy (non-hydrogen) atoms. The van der Waals surface area contributed by atoms with Gasteiger partial charge in [-0.25, -0.2) is 4.98 Å². The third kappa shape index (κ3) is 3.39. The zero-order valence-corrected chi connectivity index (χ0v) is 14.7. The number of piperazine rings is 1. The van der Waals surface area contributed by atoms with Gasteiger partial charge in [0.25, 0.3) is 0 Å². The molecule has 2 saturated heterocycles. The number of nitrogens with zero attached hydrogens (tertiary/aromatic N) is 3. The maximum atomic E-state index is 12.5. The Morgan fingerprint density at radius 2 is 2.04 bits per heavy atom. The second-order valence-electron chi connectivity index (χ2n) is 6.18. The zero-order chi connectivity index (χ0) is 15.6. The van der Waals surface area contributed by atoms with Crippen molar-refractivity contribution in [3.8, 4) is 0 Å². The predicted octanol–water partition coefficient (Wildman–Crippen LogP) is 2.84. The molecule has 0 aliphatic carbocycles. The molecule has 0 N–H and O–H groups in total. The fourth-order valence-corrected chi connectivity index (χ4v) is 5.53. The largest absolute Gasteiger partial charge is 0.339 e. The normalized spacial score (nSPS) is 22.8. The van der Waals surface area contributed by atoms with E-state index >= 15 is 0 Å². The summed E-state index contributed by atoms with van der Waals surface area (Å²) in [5.41, 5.74) is 1.10. The molecule has 2 fully saturated rings. The van der Waals surface area contributed by atoms with Crippen molar-refractivity contribution in [2.24, 2.45) is 0 Å². The number of fused-ring (bicyclic) bond motifs is 1. The van der Waals surface area contributed by atoms with Crippen LogP contribution in [0.5, 0.6) is 0 Å². The van der Waals surface area contributed by atoms with Crippen molar-refractivity contribution in [3.05, 3.63) is 29.3 Å². The highest BCUT2D eigenvalue weighted by Crippen LogP contribution is 2.28. The highest BCUT2D eigenvalue weighted by Gasteiger charge is 2.30. The van der Waals surface area contributed by atoms with E-state index in [-0.39, 0.29) is 5.25 Å². The molecule has 1 aromatic carbocycles. The van der Waals surface area contributed by atoms with Crippen molar-refractivity contribution in [2.75, 3.05) is 31.9 Å². The molecule has 6 heteroatoms. The van der Waals surface area contributed by atoms with Crippen molar-refractivity contribution in [3.63, 3.8) is 0 Å². The van der Waals surface area contributed by atoms with E-state index in [1.54, 1.807) is 11.3 Å². The summed E-state index contributed by atoms with van der Waals surface area (Å²) in [6.45, 7) is 4.54. The molecule has 0 spiro atoms. The fourth-order valence-electron chi connectivity index (χ4n) is 3.28. The molecule has 122 valence electrons. The molecule has 1 atom stereocenters. The first kappa shape index (κ1) is 15.4. The van der Waals surface area contributed by atoms with Crippen LogP contribution in [0.25, 0.3) is 10.2 Å². The van der Waals surface area contributed by atoms with Gasteiger partial charge in [0, 0.05) is 26.2 Å². The standard InChI is InChI=1S/C17H21N3OS2/c21-17(15-6-3-11-22-15)20-9-7-19(8-10-20)12-16-18-13-4-1-2-5-14(13)23-16/h1-2,4-5,15H,3,6-12H2/t15-/m1/s1. The Balaban J connectivity index is 1.33. The quantitative estimate of drug-likeness (QED) is 0.855. The van der Waals surface area contributed by atoms with Gasteiger partial charge in [0.2, 0.25) is 5.91 Å². The molecule has 0 bridgehead atoms. The monoisotopic (exact) mass is 347 g/mol. The smallest absolute Gasteiger partial charge is 0.235 e. The van der Waals surface area contributed by atoms with E-state index in [0.29, 0.717) is 5.91 Å². The number of para-hydroxylation sites is 1. The summed E-state index contributed by atoms with van der Waals surface area (Å²) in [6, 6.07) is 8.31. The van der Waals surface area contributed by atoms with Crippen molar-refractivity contribution in [2.45, 2.75) is 24.6 Å². The predicted molar refractivity (Wildman–Crippen MR) is 97.0 cm³/mol. The van der Waals surface area contributed by atoms with Crippen LogP contribution in [0.4, 0.5) is 0 Å². The fraction of sp³-hybridized carbons (Fsp3) is 0.529. The van der Waals surface area contributed by atoms with Crippen LogP contribution < -0.4 is 0 Å². The molecule has 2 aliphatic heterocycles. The van der Waals surface area contributed by atoms with Crippen molar-refractivity contribution >= 4 is 39.2 Å². The van der Waals surface area contributed by atoms with Crippen LogP contribution in [-0.2, 0) is 11.3 Å². The van der Waals surface area contributed by atoms with E-state index in [1.165, 1.54) is 16.1 Å². The number of aromatic nitrogens is 1. The molecule has 0 saturated carbocycles. The van der Waals surface area contributed by atoms with Crippen LogP contribution in [0.3, 0.4) is 0 Å². The number of thioether (sulfide) groups is 1. The van der Waals surface area contributed by atoms with Gasteiger partial charge in [0.15, 0.2) is 0 Å². The van der Waals surface area contributed by atoms with Crippen LogP contribution in [0, 0.1) is 0 Å². The van der Waals surface area contributed by atoms with Crippen molar-refractivity contribution in [1.29, 1.82) is 0 Å². The molecule has 0 radical (unpaired) electrons. The number of benzene rings is 1. The number of carbonyl (C=O) groups is 1. The Labute approximate surface area is 144 Å². The molecular formula is C17H21N3OS2. The molecule has 1 amide bonds. The molecule has 4 nitrogen and oxygen atoms in total. The lowest BCUT2D eigenvalue weighted by Gasteiger charge is -2.35. The van der Waals surface area contributed by atoms with Crippen LogP contribution in [0.15, 0.2) is 24.3 Å². The summed E-state index contributed by atoms with van der Waals surface area (Å²) in [6.07, 6.45) is 2.26. The van der Waals surface area contributed by atoms with Crippen LogP contribution in [-0.4, -0.2) is 57.9 Å². The Kier molecular flexibility index (Phi) is 4.55. The van der Waals surface area contributed by atoms with Gasteiger partial charge >= 0.3 is 0 Å². The lowest BCUT2D eigenvalue weighted by atomic mass is 10.2. The minimum Gasteiger partial charge on any atom is -0.339 e. The Morgan fingerprint density at radius 3 is 2.78 bits per heavy atom. The number of rotatable bonds is 3. The average Bonchev–Trinajstić information content (AvgIpc) is 3.24. The Hall–Kier alpha value is -1.11. The van der Waals surface area contributed by atoms with Crippen molar-refractivity contribution < 1.29 is 4.79 Å². The zero-order valence-electron chi connectivity index (χ0n) is 13.1. The molecule has 1 aromatic heterocycles. The van der Waals surface area contributed by atoms with Gasteiger partial charge < -0.3 is 4.90 Å². The number of thiazole rings is 1. The van der Waals surface area contributed by atoms with Gasteiger partial charge in [-0.15, -0.1) is 23.1 Å². The first-order chi connectivity index (χ1) is 11.3. The first-order valence-corrected chi connectivity index (χ1v) is 10.1. The van der Waals surface area contributed by atoms with E-state index in [4.69, 9.17) is 4.98 Å². The van der Waals surface area contributed by atoms with Crippen LogP contribution >= 0.6 is 23.1 Å². The van der Waals surface area contributed by atoms with Gasteiger partial charge in [-0.1, -0.05) is 12.1 Å². The molecule has 3 heterocycles. The minimum absolute atomic E-state index is 0.228. The van der Waals surface area contributed by atoms with Crippen molar-refractivity contribution in [1.82, 2.24) is 14.8 Å². The van der Waals surface area contributed by atoms with E-state index in [9.17, 15) is 4.79 Å². The maximum Gasteiger partial charge on any atom is 0.235 e. The second-order valence-corrected chi connectivity index (χ2v) is 8.60. The molecule has 2 aromatic rings. The van der Waals surface area contributed by atoms with Gasteiger partial charge in [-0.05, 0) is 30.7 Å². The van der Waals surface area contributed by atoms with E-state index in [0.717, 1.165) is 50.4 Å². The average molecular weight is 348 g/mol. The summed E-state index contributed by atoms with van der Waals surface area (Å²) in [7, 11) is 0. The molecular weight excluding hydrogens is 326 g/mol.